The molecule has 1 aliphatic rings. The van der Waals surface area contributed by atoms with Gasteiger partial charge in [-0.3, -0.25) is 4.90 Å². The van der Waals surface area contributed by atoms with E-state index in [0.29, 0.717) is 11.6 Å². The van der Waals surface area contributed by atoms with Crippen molar-refractivity contribution in [3.63, 3.8) is 0 Å². The van der Waals surface area contributed by atoms with Gasteiger partial charge < -0.3 is 10.1 Å². The first-order valence-corrected chi connectivity index (χ1v) is 6.32. The predicted octanol–water partition coefficient (Wildman–Crippen LogP) is 1.27. The number of carbonyl (C=O) groups is 1. The van der Waals surface area contributed by atoms with E-state index in [-0.39, 0.29) is 5.97 Å². The SMILES string of the molecule is COC(=O)c1cccc(CN2CCNC(C)C2)c1. The maximum absolute atomic E-state index is 11.5. The molecule has 0 aliphatic carbocycles. The lowest BCUT2D eigenvalue weighted by Gasteiger charge is -2.31. The molecule has 1 aromatic carbocycles. The Balaban J connectivity index is 2.02. The highest BCUT2D eigenvalue weighted by Crippen LogP contribution is 2.11. The van der Waals surface area contributed by atoms with E-state index in [1.165, 1.54) is 7.11 Å². The lowest BCUT2D eigenvalue weighted by molar-refractivity contribution is 0.0600. The molecular formula is C14H20N2O2. The third kappa shape index (κ3) is 3.31. The number of hydrogen-bond donors (Lipinski definition) is 1. The molecule has 2 rings (SSSR count). The largest absolute Gasteiger partial charge is 0.465 e. The maximum Gasteiger partial charge on any atom is 0.337 e. The topological polar surface area (TPSA) is 41.6 Å². The van der Waals surface area contributed by atoms with Crippen LogP contribution >= 0.6 is 0 Å². The second kappa shape index (κ2) is 5.98. The first kappa shape index (κ1) is 13.1. The summed E-state index contributed by atoms with van der Waals surface area (Å²) in [6.45, 7) is 6.20. The van der Waals surface area contributed by atoms with Crippen molar-refractivity contribution >= 4 is 5.97 Å². The number of hydrogen-bond acceptors (Lipinski definition) is 4. The first-order chi connectivity index (χ1) is 8.69. The Bertz CT molecular complexity index is 420. The third-order valence-corrected chi connectivity index (χ3v) is 3.21. The van der Waals surface area contributed by atoms with E-state index < -0.39 is 0 Å². The minimum atomic E-state index is -0.273. The number of carbonyl (C=O) groups excluding carboxylic acids is 1. The molecule has 0 bridgehead atoms. The molecule has 1 fully saturated rings. The molecule has 4 nitrogen and oxygen atoms in total. The fourth-order valence-electron chi connectivity index (χ4n) is 2.33. The van der Waals surface area contributed by atoms with E-state index in [1.54, 1.807) is 6.07 Å². The van der Waals surface area contributed by atoms with Crippen LogP contribution in [0.5, 0.6) is 0 Å². The normalized spacial score (nSPS) is 20.7. The molecule has 18 heavy (non-hydrogen) atoms. The van der Waals surface area contributed by atoms with E-state index in [0.717, 1.165) is 31.7 Å². The maximum atomic E-state index is 11.5. The number of esters is 1. The number of ether oxygens (including phenoxy) is 1. The van der Waals surface area contributed by atoms with Crippen LogP contribution in [-0.4, -0.2) is 43.7 Å². The molecule has 1 heterocycles. The van der Waals surface area contributed by atoms with E-state index in [2.05, 4.69) is 23.2 Å². The zero-order valence-electron chi connectivity index (χ0n) is 11.0. The highest BCUT2D eigenvalue weighted by atomic mass is 16.5. The van der Waals surface area contributed by atoms with Crippen LogP contribution in [0.3, 0.4) is 0 Å². The Hall–Kier alpha value is -1.39. The standard InChI is InChI=1S/C14H20N2O2/c1-11-9-16(7-6-15-11)10-12-4-3-5-13(8-12)14(17)18-2/h3-5,8,11,15H,6-7,9-10H2,1-2H3. The van der Waals surface area contributed by atoms with Crippen LogP contribution in [0.25, 0.3) is 0 Å². The van der Waals surface area contributed by atoms with Gasteiger partial charge in [-0.15, -0.1) is 0 Å². The van der Waals surface area contributed by atoms with Gasteiger partial charge in [-0.05, 0) is 24.6 Å². The Morgan fingerprint density at radius 1 is 1.56 bits per heavy atom. The van der Waals surface area contributed by atoms with E-state index in [4.69, 9.17) is 4.74 Å². The van der Waals surface area contributed by atoms with E-state index >= 15 is 0 Å². The van der Waals surface area contributed by atoms with Crippen molar-refractivity contribution in [1.82, 2.24) is 10.2 Å². The van der Waals surface area contributed by atoms with Gasteiger partial charge in [-0.1, -0.05) is 12.1 Å². The number of nitrogens with zero attached hydrogens (tertiary/aromatic N) is 1. The van der Waals surface area contributed by atoms with Crippen molar-refractivity contribution in [2.24, 2.45) is 0 Å². The van der Waals surface area contributed by atoms with E-state index in [1.807, 2.05) is 12.1 Å². The zero-order chi connectivity index (χ0) is 13.0. The van der Waals surface area contributed by atoms with Crippen molar-refractivity contribution in [2.45, 2.75) is 19.5 Å². The van der Waals surface area contributed by atoms with Crippen molar-refractivity contribution in [2.75, 3.05) is 26.7 Å². The second-order valence-electron chi connectivity index (χ2n) is 4.78. The van der Waals surface area contributed by atoms with Crippen LogP contribution in [0, 0.1) is 0 Å². The predicted molar refractivity (Wildman–Crippen MR) is 70.5 cm³/mol. The van der Waals surface area contributed by atoms with Crippen molar-refractivity contribution in [1.29, 1.82) is 0 Å². The van der Waals surface area contributed by atoms with Crippen molar-refractivity contribution < 1.29 is 9.53 Å². The zero-order valence-corrected chi connectivity index (χ0v) is 11.0. The average molecular weight is 248 g/mol. The molecule has 1 saturated heterocycles. The fraction of sp³-hybridized carbons (Fsp3) is 0.500. The molecule has 98 valence electrons. The average Bonchev–Trinajstić information content (AvgIpc) is 2.38. The van der Waals surface area contributed by atoms with Crippen LogP contribution in [0.1, 0.15) is 22.8 Å². The van der Waals surface area contributed by atoms with Gasteiger partial charge in [0.25, 0.3) is 0 Å². The van der Waals surface area contributed by atoms with Crippen LogP contribution in [0.4, 0.5) is 0 Å². The molecule has 1 atom stereocenters. The van der Waals surface area contributed by atoms with Crippen molar-refractivity contribution in [3.05, 3.63) is 35.4 Å². The summed E-state index contributed by atoms with van der Waals surface area (Å²) in [6, 6.07) is 8.20. The summed E-state index contributed by atoms with van der Waals surface area (Å²) < 4.78 is 4.74. The van der Waals surface area contributed by atoms with Crippen LogP contribution < -0.4 is 5.32 Å². The van der Waals surface area contributed by atoms with Gasteiger partial charge in [0.1, 0.15) is 0 Å². The molecule has 1 N–H and O–H groups in total. The van der Waals surface area contributed by atoms with E-state index in [9.17, 15) is 4.79 Å². The van der Waals surface area contributed by atoms with Gasteiger partial charge in [-0.25, -0.2) is 4.79 Å². The molecule has 1 aliphatic heterocycles. The molecule has 0 spiro atoms. The summed E-state index contributed by atoms with van der Waals surface area (Å²) in [4.78, 5) is 13.9. The molecule has 1 aromatic rings. The van der Waals surface area contributed by atoms with Crippen LogP contribution in [0.15, 0.2) is 24.3 Å². The summed E-state index contributed by atoms with van der Waals surface area (Å²) in [6.07, 6.45) is 0. The highest BCUT2D eigenvalue weighted by Gasteiger charge is 2.16. The third-order valence-electron chi connectivity index (χ3n) is 3.21. The molecule has 0 radical (unpaired) electrons. The smallest absolute Gasteiger partial charge is 0.337 e. The van der Waals surface area contributed by atoms with Gasteiger partial charge in [-0.2, -0.15) is 0 Å². The Morgan fingerprint density at radius 3 is 3.11 bits per heavy atom. The Labute approximate surface area is 108 Å². The lowest BCUT2D eigenvalue weighted by Crippen LogP contribution is -2.48. The molecule has 0 saturated carbocycles. The number of methoxy groups -OCH3 is 1. The number of nitrogens with one attached hydrogen (secondary N) is 1. The molecular weight excluding hydrogens is 228 g/mol. The quantitative estimate of drug-likeness (QED) is 0.818. The summed E-state index contributed by atoms with van der Waals surface area (Å²) in [5, 5.41) is 3.42. The Morgan fingerprint density at radius 2 is 2.39 bits per heavy atom. The monoisotopic (exact) mass is 248 g/mol. The highest BCUT2D eigenvalue weighted by molar-refractivity contribution is 5.89. The summed E-state index contributed by atoms with van der Waals surface area (Å²) in [7, 11) is 1.41. The van der Waals surface area contributed by atoms with Gasteiger partial charge in [0.2, 0.25) is 0 Å². The summed E-state index contributed by atoms with van der Waals surface area (Å²) >= 11 is 0. The molecule has 4 heteroatoms. The molecule has 0 aromatic heterocycles. The molecule has 0 amide bonds. The van der Waals surface area contributed by atoms with Gasteiger partial charge in [0.15, 0.2) is 0 Å². The van der Waals surface area contributed by atoms with Crippen molar-refractivity contribution in [3.8, 4) is 0 Å². The summed E-state index contributed by atoms with van der Waals surface area (Å²) in [5.41, 5.74) is 1.78. The van der Waals surface area contributed by atoms with Crippen LogP contribution in [-0.2, 0) is 11.3 Å². The molecule has 1 unspecified atom stereocenters. The van der Waals surface area contributed by atoms with Gasteiger partial charge in [0.05, 0.1) is 12.7 Å². The Kier molecular flexibility index (Phi) is 4.33. The number of piperazine rings is 1. The minimum absolute atomic E-state index is 0.273. The fourth-order valence-corrected chi connectivity index (χ4v) is 2.33. The van der Waals surface area contributed by atoms with Crippen LogP contribution in [0.2, 0.25) is 0 Å². The van der Waals surface area contributed by atoms with Gasteiger partial charge in [0, 0.05) is 32.2 Å². The summed E-state index contributed by atoms with van der Waals surface area (Å²) in [5.74, 6) is -0.273. The van der Waals surface area contributed by atoms with Gasteiger partial charge >= 0.3 is 5.97 Å². The lowest BCUT2D eigenvalue weighted by atomic mass is 10.1. The minimum Gasteiger partial charge on any atom is -0.465 e. The second-order valence-corrected chi connectivity index (χ2v) is 4.78. The number of benzene rings is 1. The number of rotatable bonds is 3. The first-order valence-electron chi connectivity index (χ1n) is 6.32.